The lowest BCUT2D eigenvalue weighted by molar-refractivity contribution is -0.141. The summed E-state index contributed by atoms with van der Waals surface area (Å²) in [5.41, 5.74) is 0.840. The molecule has 7 nitrogen and oxygen atoms in total. The lowest BCUT2D eigenvalue weighted by Gasteiger charge is -2.20. The number of methoxy groups -OCH3 is 2. The van der Waals surface area contributed by atoms with Gasteiger partial charge in [0.2, 0.25) is 0 Å². The zero-order valence-electron chi connectivity index (χ0n) is 20.5. The van der Waals surface area contributed by atoms with Gasteiger partial charge in [0, 0.05) is 12.1 Å². The molecule has 0 aliphatic rings. The van der Waals surface area contributed by atoms with Gasteiger partial charge < -0.3 is 19.5 Å². The molecule has 1 aromatic heterocycles. The Morgan fingerprint density at radius 3 is 1.92 bits per heavy atom. The van der Waals surface area contributed by atoms with Crippen molar-refractivity contribution in [2.24, 2.45) is 0 Å². The summed E-state index contributed by atoms with van der Waals surface area (Å²) in [6.45, 7) is 0.0257. The summed E-state index contributed by atoms with van der Waals surface area (Å²) in [6.07, 6.45) is -4.79. The van der Waals surface area contributed by atoms with E-state index in [4.69, 9.17) is 19.5 Å². The number of benzene rings is 3. The molecule has 0 aliphatic carbocycles. The standard InChI is InChI=1S/C28H23F3N4O3/c1-36-22-11-5-19(6-12-22)16-33-25-26(38-17-20-7-13-23(37-2)14-8-20)24(34-35-27(25)28(29,30)31)21-9-3-18(15-32)4-10-21/h3-14H,16-17H2,1-2H3,(H,33,34). The summed E-state index contributed by atoms with van der Waals surface area (Å²) < 4.78 is 58.5. The van der Waals surface area contributed by atoms with Crippen molar-refractivity contribution in [2.75, 3.05) is 19.5 Å². The highest BCUT2D eigenvalue weighted by Gasteiger charge is 2.39. The summed E-state index contributed by atoms with van der Waals surface area (Å²) in [7, 11) is 3.07. The number of aromatic nitrogens is 2. The van der Waals surface area contributed by atoms with Gasteiger partial charge in [0.05, 0.1) is 25.9 Å². The van der Waals surface area contributed by atoms with Gasteiger partial charge in [0.1, 0.15) is 29.5 Å². The monoisotopic (exact) mass is 520 g/mol. The number of anilines is 1. The maximum Gasteiger partial charge on any atom is 0.437 e. The average molecular weight is 521 g/mol. The molecule has 0 unspecified atom stereocenters. The lowest BCUT2D eigenvalue weighted by Crippen LogP contribution is -2.17. The van der Waals surface area contributed by atoms with Crippen LogP contribution in [0.4, 0.5) is 18.9 Å². The van der Waals surface area contributed by atoms with Gasteiger partial charge in [-0.3, -0.25) is 0 Å². The molecule has 0 fully saturated rings. The molecule has 38 heavy (non-hydrogen) atoms. The predicted molar refractivity (Wildman–Crippen MR) is 135 cm³/mol. The quantitative estimate of drug-likeness (QED) is 0.279. The summed E-state index contributed by atoms with van der Waals surface area (Å²) in [4.78, 5) is 0. The molecule has 0 radical (unpaired) electrons. The molecule has 0 saturated carbocycles. The fraction of sp³-hybridized carbons (Fsp3) is 0.179. The van der Waals surface area contributed by atoms with Gasteiger partial charge in [-0.2, -0.15) is 18.4 Å². The van der Waals surface area contributed by atoms with Gasteiger partial charge >= 0.3 is 6.18 Å². The zero-order valence-corrected chi connectivity index (χ0v) is 20.5. The van der Waals surface area contributed by atoms with Crippen LogP contribution in [0.25, 0.3) is 11.3 Å². The van der Waals surface area contributed by atoms with E-state index in [1.807, 2.05) is 6.07 Å². The van der Waals surface area contributed by atoms with Crippen LogP contribution in [-0.2, 0) is 19.3 Å². The molecule has 4 aromatic rings. The molecule has 0 atom stereocenters. The Hall–Kier alpha value is -4.78. The number of hydrogen-bond donors (Lipinski definition) is 1. The smallest absolute Gasteiger partial charge is 0.437 e. The van der Waals surface area contributed by atoms with Crippen molar-refractivity contribution in [2.45, 2.75) is 19.3 Å². The van der Waals surface area contributed by atoms with Gasteiger partial charge in [0.25, 0.3) is 0 Å². The summed E-state index contributed by atoms with van der Waals surface area (Å²) in [5, 5.41) is 19.4. The largest absolute Gasteiger partial charge is 0.497 e. The number of alkyl halides is 3. The van der Waals surface area contributed by atoms with Gasteiger partial charge in [-0.05, 0) is 47.5 Å². The molecule has 10 heteroatoms. The van der Waals surface area contributed by atoms with Crippen molar-refractivity contribution in [1.29, 1.82) is 5.26 Å². The number of nitriles is 1. The molecule has 0 spiro atoms. The predicted octanol–water partition coefficient (Wildman–Crippen LogP) is 6.24. The second kappa shape index (κ2) is 11.5. The zero-order chi connectivity index (χ0) is 27.1. The van der Waals surface area contributed by atoms with E-state index in [9.17, 15) is 13.2 Å². The second-order valence-electron chi connectivity index (χ2n) is 8.13. The van der Waals surface area contributed by atoms with Gasteiger partial charge in [0.15, 0.2) is 11.4 Å². The highest BCUT2D eigenvalue weighted by Crippen LogP contribution is 2.43. The van der Waals surface area contributed by atoms with Crippen molar-refractivity contribution in [3.63, 3.8) is 0 Å². The number of hydrogen-bond acceptors (Lipinski definition) is 7. The first-order valence-electron chi connectivity index (χ1n) is 11.4. The van der Waals surface area contributed by atoms with E-state index in [1.54, 1.807) is 72.8 Å². The van der Waals surface area contributed by atoms with Crippen LogP contribution < -0.4 is 19.5 Å². The Labute approximate surface area is 217 Å². The minimum atomic E-state index is -4.79. The topological polar surface area (TPSA) is 89.3 Å². The molecule has 4 rings (SSSR count). The first kappa shape index (κ1) is 26.3. The molecular weight excluding hydrogens is 497 g/mol. The van der Waals surface area contributed by atoms with Crippen LogP contribution in [0.5, 0.6) is 17.2 Å². The van der Waals surface area contributed by atoms with Crippen molar-refractivity contribution < 1.29 is 27.4 Å². The summed E-state index contributed by atoms with van der Waals surface area (Å²) in [6, 6.07) is 22.2. The Morgan fingerprint density at radius 1 is 0.816 bits per heavy atom. The molecule has 1 heterocycles. The van der Waals surface area contributed by atoms with Gasteiger partial charge in [-0.1, -0.05) is 36.4 Å². The molecule has 1 N–H and O–H groups in total. The maximum absolute atomic E-state index is 14.1. The lowest BCUT2D eigenvalue weighted by atomic mass is 10.1. The SMILES string of the molecule is COc1ccc(CNc2c(C(F)(F)F)nnc(-c3ccc(C#N)cc3)c2OCc2ccc(OC)cc2)cc1. The Kier molecular flexibility index (Phi) is 7.97. The highest BCUT2D eigenvalue weighted by molar-refractivity contribution is 5.76. The van der Waals surface area contributed by atoms with E-state index < -0.39 is 11.9 Å². The highest BCUT2D eigenvalue weighted by atomic mass is 19.4. The minimum Gasteiger partial charge on any atom is -0.497 e. The third-order valence-electron chi connectivity index (χ3n) is 5.66. The van der Waals surface area contributed by atoms with Crippen molar-refractivity contribution in [3.05, 3.63) is 95.2 Å². The molecule has 0 aliphatic heterocycles. The molecule has 0 saturated heterocycles. The van der Waals surface area contributed by atoms with Crippen molar-refractivity contribution in [1.82, 2.24) is 10.2 Å². The number of rotatable bonds is 9. The fourth-order valence-corrected chi connectivity index (χ4v) is 3.63. The third-order valence-corrected chi connectivity index (χ3v) is 5.66. The number of ether oxygens (including phenoxy) is 3. The Balaban J connectivity index is 1.77. The first-order valence-corrected chi connectivity index (χ1v) is 11.4. The summed E-state index contributed by atoms with van der Waals surface area (Å²) in [5.74, 6) is 1.15. The van der Waals surface area contributed by atoms with E-state index >= 15 is 0 Å². The Bertz CT molecular complexity index is 1420. The van der Waals surface area contributed by atoms with Crippen LogP contribution in [0.3, 0.4) is 0 Å². The third kappa shape index (κ3) is 6.13. The molecule has 0 amide bonds. The fourth-order valence-electron chi connectivity index (χ4n) is 3.63. The second-order valence-corrected chi connectivity index (χ2v) is 8.13. The number of halogens is 3. The van der Waals surface area contributed by atoms with Crippen molar-refractivity contribution >= 4 is 5.69 Å². The van der Waals surface area contributed by atoms with Gasteiger partial charge in [-0.25, -0.2) is 0 Å². The normalized spacial score (nSPS) is 10.9. The summed E-state index contributed by atoms with van der Waals surface area (Å²) >= 11 is 0. The minimum absolute atomic E-state index is 0.0342. The molecule has 0 bridgehead atoms. The van der Waals surface area contributed by atoms with E-state index in [-0.39, 0.29) is 30.3 Å². The van der Waals surface area contributed by atoms with Crippen LogP contribution >= 0.6 is 0 Å². The van der Waals surface area contributed by atoms with Crippen LogP contribution in [0.1, 0.15) is 22.4 Å². The molecular formula is C28H23F3N4O3. The molecule has 3 aromatic carbocycles. The van der Waals surface area contributed by atoms with Gasteiger partial charge in [-0.15, -0.1) is 10.2 Å². The van der Waals surface area contributed by atoms with E-state index in [2.05, 4.69) is 15.5 Å². The van der Waals surface area contributed by atoms with Crippen LogP contribution in [0.2, 0.25) is 0 Å². The van der Waals surface area contributed by atoms with Crippen molar-refractivity contribution in [3.8, 4) is 34.6 Å². The van der Waals surface area contributed by atoms with E-state index in [1.165, 1.54) is 14.2 Å². The van der Waals surface area contributed by atoms with Crippen LogP contribution in [0, 0.1) is 11.3 Å². The average Bonchev–Trinajstić information content (AvgIpc) is 2.94. The van der Waals surface area contributed by atoms with E-state index in [0.717, 1.165) is 5.56 Å². The molecule has 194 valence electrons. The van der Waals surface area contributed by atoms with Crippen LogP contribution in [0.15, 0.2) is 72.8 Å². The van der Waals surface area contributed by atoms with E-state index in [0.29, 0.717) is 28.2 Å². The number of nitrogens with one attached hydrogen (secondary N) is 1. The number of nitrogens with zero attached hydrogens (tertiary/aromatic N) is 3. The maximum atomic E-state index is 14.1. The Morgan fingerprint density at radius 2 is 1.39 bits per heavy atom. The van der Waals surface area contributed by atoms with Crippen LogP contribution in [-0.4, -0.2) is 24.4 Å². The first-order chi connectivity index (χ1) is 18.3.